The van der Waals surface area contributed by atoms with E-state index < -0.39 is 0 Å². The maximum absolute atomic E-state index is 12.5. The number of nitrogens with one attached hydrogen (secondary N) is 1. The summed E-state index contributed by atoms with van der Waals surface area (Å²) in [6, 6.07) is 11.6. The number of nitrogen functional groups attached to an aromatic ring is 1. The van der Waals surface area contributed by atoms with Gasteiger partial charge in [-0.1, -0.05) is 32.0 Å². The van der Waals surface area contributed by atoms with Crippen LogP contribution in [-0.2, 0) is 24.2 Å². The summed E-state index contributed by atoms with van der Waals surface area (Å²) in [5.41, 5.74) is 10.9. The number of hydrogen-bond donors (Lipinski definition) is 2. The highest BCUT2D eigenvalue weighted by Crippen LogP contribution is 2.21. The van der Waals surface area contributed by atoms with Crippen molar-refractivity contribution in [1.29, 1.82) is 5.26 Å². The molecule has 1 aromatic carbocycles. The van der Waals surface area contributed by atoms with Crippen LogP contribution in [-0.4, -0.2) is 32.0 Å². The number of aromatic nitrogens is 4. The molecule has 0 bridgehead atoms. The van der Waals surface area contributed by atoms with Crippen LogP contribution in [0.2, 0.25) is 0 Å². The summed E-state index contributed by atoms with van der Waals surface area (Å²) < 4.78 is 3.58. The van der Waals surface area contributed by atoms with Crippen molar-refractivity contribution >= 4 is 11.7 Å². The molecule has 3 rings (SSSR count). The number of aryl methyl sites for hydroxylation is 2. The van der Waals surface area contributed by atoms with Gasteiger partial charge in [0, 0.05) is 24.3 Å². The number of nitrogens with zero attached hydrogens (tertiary/aromatic N) is 5. The molecule has 8 heteroatoms. The highest BCUT2D eigenvalue weighted by atomic mass is 16.1. The second kappa shape index (κ2) is 10.1. The van der Waals surface area contributed by atoms with Crippen LogP contribution in [0.25, 0.3) is 5.69 Å². The summed E-state index contributed by atoms with van der Waals surface area (Å²) in [6.45, 7) is 9.60. The number of nitriles is 1. The van der Waals surface area contributed by atoms with Crippen molar-refractivity contribution in [1.82, 2.24) is 24.9 Å². The Kier molecular flexibility index (Phi) is 7.31. The summed E-state index contributed by atoms with van der Waals surface area (Å²) in [5, 5.41) is 21.6. The van der Waals surface area contributed by atoms with Gasteiger partial charge in [0.2, 0.25) is 5.91 Å². The topological polar surface area (TPSA) is 115 Å². The van der Waals surface area contributed by atoms with Crippen LogP contribution in [0.15, 0.2) is 30.3 Å². The molecule has 0 aliphatic heterocycles. The predicted octanol–water partition coefficient (Wildman–Crippen LogP) is 3.09. The zero-order valence-electron chi connectivity index (χ0n) is 19.2. The molecule has 0 aliphatic carbocycles. The molecular weight excluding hydrogens is 402 g/mol. The molecule has 0 aliphatic rings. The van der Waals surface area contributed by atoms with Gasteiger partial charge in [0.25, 0.3) is 0 Å². The van der Waals surface area contributed by atoms with Crippen LogP contribution < -0.4 is 11.1 Å². The largest absolute Gasteiger partial charge is 0.382 e. The minimum atomic E-state index is -0.0323. The third-order valence-corrected chi connectivity index (χ3v) is 5.43. The van der Waals surface area contributed by atoms with Crippen LogP contribution in [0.4, 0.5) is 5.82 Å². The second-order valence-corrected chi connectivity index (χ2v) is 8.42. The van der Waals surface area contributed by atoms with Gasteiger partial charge in [-0.05, 0) is 44.7 Å². The van der Waals surface area contributed by atoms with E-state index in [-0.39, 0.29) is 5.91 Å². The number of rotatable bonds is 9. The van der Waals surface area contributed by atoms with Gasteiger partial charge in [-0.2, -0.15) is 15.5 Å². The molecule has 3 aromatic rings. The second-order valence-electron chi connectivity index (χ2n) is 8.42. The van der Waals surface area contributed by atoms with Crippen LogP contribution in [0.1, 0.15) is 48.5 Å². The van der Waals surface area contributed by atoms with Crippen molar-refractivity contribution in [2.45, 2.75) is 53.5 Å². The summed E-state index contributed by atoms with van der Waals surface area (Å²) >= 11 is 0. The number of benzene rings is 1. The lowest BCUT2D eigenvalue weighted by Crippen LogP contribution is -2.27. The number of carbonyl (C=O) groups is 1. The highest BCUT2D eigenvalue weighted by molar-refractivity contribution is 5.79. The normalized spacial score (nSPS) is 11.0. The highest BCUT2D eigenvalue weighted by Gasteiger charge is 2.17. The van der Waals surface area contributed by atoms with Crippen molar-refractivity contribution in [3.8, 4) is 11.8 Å². The van der Waals surface area contributed by atoms with Crippen molar-refractivity contribution in [3.05, 3.63) is 58.5 Å². The van der Waals surface area contributed by atoms with Gasteiger partial charge in [-0.25, -0.2) is 4.68 Å². The zero-order chi connectivity index (χ0) is 23.3. The number of nitrogens with two attached hydrogens (primary N) is 1. The van der Waals surface area contributed by atoms with E-state index in [4.69, 9.17) is 5.73 Å². The molecule has 168 valence electrons. The number of para-hydroxylation sites is 1. The Balaban J connectivity index is 1.57. The van der Waals surface area contributed by atoms with E-state index in [9.17, 15) is 10.1 Å². The Labute approximate surface area is 189 Å². The average molecular weight is 434 g/mol. The minimum Gasteiger partial charge on any atom is -0.382 e. The Morgan fingerprint density at radius 2 is 1.94 bits per heavy atom. The maximum Gasteiger partial charge on any atom is 0.224 e. The summed E-state index contributed by atoms with van der Waals surface area (Å²) in [4.78, 5) is 12.5. The van der Waals surface area contributed by atoms with Crippen LogP contribution in [0.3, 0.4) is 0 Å². The molecule has 2 heterocycles. The third-order valence-electron chi connectivity index (χ3n) is 5.43. The van der Waals surface area contributed by atoms with Gasteiger partial charge in [0.1, 0.15) is 17.5 Å². The molecule has 2 aromatic heterocycles. The van der Waals surface area contributed by atoms with Crippen LogP contribution in [0, 0.1) is 31.1 Å². The molecule has 0 unspecified atom stereocenters. The fourth-order valence-corrected chi connectivity index (χ4v) is 3.76. The van der Waals surface area contributed by atoms with Crippen molar-refractivity contribution in [2.75, 3.05) is 12.3 Å². The fraction of sp³-hybridized carbons (Fsp3) is 0.417. The van der Waals surface area contributed by atoms with E-state index in [0.717, 1.165) is 29.2 Å². The van der Waals surface area contributed by atoms with Gasteiger partial charge >= 0.3 is 0 Å². The quantitative estimate of drug-likeness (QED) is 0.503. The van der Waals surface area contributed by atoms with Gasteiger partial charge in [-0.3, -0.25) is 9.48 Å². The number of anilines is 1. The minimum absolute atomic E-state index is 0.0323. The summed E-state index contributed by atoms with van der Waals surface area (Å²) in [7, 11) is 0. The monoisotopic (exact) mass is 433 g/mol. The predicted molar refractivity (Wildman–Crippen MR) is 124 cm³/mol. The molecule has 0 fully saturated rings. The first-order chi connectivity index (χ1) is 15.3. The molecule has 8 nitrogen and oxygen atoms in total. The van der Waals surface area contributed by atoms with E-state index in [1.807, 2.05) is 48.9 Å². The lowest BCUT2D eigenvalue weighted by Gasteiger charge is -2.08. The summed E-state index contributed by atoms with van der Waals surface area (Å²) in [5.74, 6) is 0.796. The van der Waals surface area contributed by atoms with Gasteiger partial charge in [-0.15, -0.1) is 0 Å². The number of carbonyl (C=O) groups excluding carboxylic acids is 1. The van der Waals surface area contributed by atoms with Crippen molar-refractivity contribution in [2.24, 2.45) is 5.92 Å². The molecule has 32 heavy (non-hydrogen) atoms. The van der Waals surface area contributed by atoms with E-state index in [1.165, 1.54) is 0 Å². The Bertz CT molecular complexity index is 1120. The average Bonchev–Trinajstić information content (AvgIpc) is 3.21. The van der Waals surface area contributed by atoms with Gasteiger partial charge < -0.3 is 11.1 Å². The van der Waals surface area contributed by atoms with Crippen LogP contribution in [0.5, 0.6) is 0 Å². The molecule has 0 atom stereocenters. The number of amides is 1. The molecule has 1 amide bonds. The molecule has 3 N–H and O–H groups in total. The van der Waals surface area contributed by atoms with E-state index in [1.54, 1.807) is 4.68 Å². The maximum atomic E-state index is 12.5. The van der Waals surface area contributed by atoms with Crippen molar-refractivity contribution in [3.63, 3.8) is 0 Å². The van der Waals surface area contributed by atoms with E-state index in [2.05, 4.69) is 35.4 Å². The molecule has 0 saturated heterocycles. The SMILES string of the molecule is Cc1nn(CC(C)C)c(C)c1CC(=O)NCCCc1nn(-c2ccccc2)c(N)c1C#N. The third kappa shape index (κ3) is 5.17. The number of hydrogen-bond acceptors (Lipinski definition) is 5. The molecule has 0 saturated carbocycles. The first-order valence-corrected chi connectivity index (χ1v) is 10.9. The van der Waals surface area contributed by atoms with E-state index in [0.29, 0.717) is 48.8 Å². The van der Waals surface area contributed by atoms with Gasteiger partial charge in [0.15, 0.2) is 0 Å². The molecular formula is C24H31N7O. The summed E-state index contributed by atoms with van der Waals surface area (Å²) in [6.07, 6.45) is 1.53. The Morgan fingerprint density at radius 1 is 1.22 bits per heavy atom. The molecule has 0 spiro atoms. The standard InChI is InChI=1S/C24H31N7O/c1-16(2)15-30-18(4)20(17(3)28-30)13-23(32)27-12-8-11-22-21(14-25)24(26)31(29-22)19-9-6-5-7-10-19/h5-7,9-10,16H,8,11-13,15,26H2,1-4H3,(H,27,32). The van der Waals surface area contributed by atoms with Crippen LogP contribution >= 0.6 is 0 Å². The lowest BCUT2D eigenvalue weighted by molar-refractivity contribution is -0.120. The molecule has 0 radical (unpaired) electrons. The lowest BCUT2D eigenvalue weighted by atomic mass is 10.1. The first-order valence-electron chi connectivity index (χ1n) is 10.9. The fourth-order valence-electron chi connectivity index (χ4n) is 3.76. The van der Waals surface area contributed by atoms with Gasteiger partial charge in [0.05, 0.1) is 23.5 Å². The first kappa shape index (κ1) is 23.1. The smallest absolute Gasteiger partial charge is 0.224 e. The zero-order valence-corrected chi connectivity index (χ0v) is 19.2. The van der Waals surface area contributed by atoms with Crippen molar-refractivity contribution < 1.29 is 4.79 Å². The Hall–Kier alpha value is -3.60. The Morgan fingerprint density at radius 3 is 2.59 bits per heavy atom. The van der Waals surface area contributed by atoms with E-state index >= 15 is 0 Å².